The molecule has 0 bridgehead atoms. The number of hydrogen-bond donors (Lipinski definition) is 0. The molecule has 1 aliphatic heterocycles. The molecule has 0 fully saturated rings. The normalized spacial score (nSPS) is 14.9. The van der Waals surface area contributed by atoms with E-state index in [9.17, 15) is 19.7 Å². The first-order chi connectivity index (χ1) is 19.3. The lowest BCUT2D eigenvalue weighted by molar-refractivity contribution is -0.385. The van der Waals surface area contributed by atoms with Gasteiger partial charge in [-0.2, -0.15) is 0 Å². The van der Waals surface area contributed by atoms with Crippen molar-refractivity contribution in [1.29, 1.82) is 0 Å². The number of nitro benzene ring substituents is 1. The summed E-state index contributed by atoms with van der Waals surface area (Å²) in [7, 11) is 2.85. The van der Waals surface area contributed by atoms with Gasteiger partial charge in [0.1, 0.15) is 18.4 Å². The van der Waals surface area contributed by atoms with Crippen molar-refractivity contribution in [2.24, 2.45) is 4.99 Å². The van der Waals surface area contributed by atoms with Crippen LogP contribution in [0.4, 0.5) is 5.69 Å². The Kier molecular flexibility index (Phi) is 9.12. The maximum absolute atomic E-state index is 13.9. The molecule has 1 aliphatic rings. The summed E-state index contributed by atoms with van der Waals surface area (Å²) >= 11 is 1.12. The number of carbonyl (C=O) groups excluding carboxylic acids is 1. The van der Waals surface area contributed by atoms with E-state index in [1.165, 1.54) is 30.9 Å². The quantitative estimate of drug-likeness (QED) is 0.149. The van der Waals surface area contributed by atoms with Gasteiger partial charge in [0.15, 0.2) is 10.6 Å². The number of nitro groups is 1. The van der Waals surface area contributed by atoms with Gasteiger partial charge in [0.25, 0.3) is 5.56 Å². The zero-order chi connectivity index (χ0) is 28.8. The van der Waals surface area contributed by atoms with E-state index in [4.69, 9.17) is 18.9 Å². The van der Waals surface area contributed by atoms with E-state index in [1.807, 2.05) is 19.1 Å². The van der Waals surface area contributed by atoms with Crippen LogP contribution < -0.4 is 24.4 Å². The molecule has 0 N–H and O–H groups in total. The molecule has 2 heterocycles. The van der Waals surface area contributed by atoms with Crippen molar-refractivity contribution in [2.45, 2.75) is 26.3 Å². The Hall–Kier alpha value is -4.29. The van der Waals surface area contributed by atoms with Gasteiger partial charge in [-0.25, -0.2) is 9.79 Å². The molecule has 0 unspecified atom stereocenters. The minimum absolute atomic E-state index is 0.0352. The molecule has 0 spiro atoms. The molecular weight excluding hydrogens is 538 g/mol. The van der Waals surface area contributed by atoms with E-state index in [1.54, 1.807) is 31.2 Å². The maximum Gasteiger partial charge on any atom is 0.338 e. The Morgan fingerprint density at radius 2 is 1.93 bits per heavy atom. The number of esters is 1. The average molecular weight is 568 g/mol. The molecule has 1 aromatic heterocycles. The number of ether oxygens (including phenoxy) is 4. The molecule has 210 valence electrons. The number of benzene rings is 2. The fourth-order valence-electron chi connectivity index (χ4n) is 4.31. The SMILES string of the molecule is CCCOc1ccccc1[C@H]1C(C(=O)OCCOC)=C(C)N=c2s/c(=C/c3ccc(OC)c([N+](=O)[O-])c3)c(=O)n21. The molecule has 40 heavy (non-hydrogen) atoms. The number of aromatic nitrogens is 1. The monoisotopic (exact) mass is 567 g/mol. The second-order valence-corrected chi connectivity index (χ2v) is 9.79. The maximum atomic E-state index is 13.9. The zero-order valence-corrected chi connectivity index (χ0v) is 23.4. The van der Waals surface area contributed by atoms with Crippen LogP contribution in [0, 0.1) is 10.1 Å². The van der Waals surface area contributed by atoms with E-state index in [0.29, 0.717) is 34.0 Å². The van der Waals surface area contributed by atoms with Gasteiger partial charge in [-0.1, -0.05) is 42.5 Å². The van der Waals surface area contributed by atoms with Crippen molar-refractivity contribution in [1.82, 2.24) is 4.57 Å². The summed E-state index contributed by atoms with van der Waals surface area (Å²) in [6.45, 7) is 4.38. The Bertz CT molecular complexity index is 1640. The highest BCUT2D eigenvalue weighted by Gasteiger charge is 2.35. The van der Waals surface area contributed by atoms with Crippen molar-refractivity contribution in [2.75, 3.05) is 34.0 Å². The van der Waals surface area contributed by atoms with Crippen LogP contribution in [0.25, 0.3) is 6.08 Å². The molecule has 0 amide bonds. The topological polar surface area (TPSA) is 131 Å². The number of thiazole rings is 1. The zero-order valence-electron chi connectivity index (χ0n) is 22.5. The summed E-state index contributed by atoms with van der Waals surface area (Å²) in [4.78, 5) is 43.2. The average Bonchev–Trinajstić information content (AvgIpc) is 3.25. The number of hydrogen-bond acceptors (Lipinski definition) is 10. The lowest BCUT2D eigenvalue weighted by atomic mass is 9.95. The number of rotatable bonds is 11. The molecule has 2 aromatic carbocycles. The highest BCUT2D eigenvalue weighted by molar-refractivity contribution is 7.07. The fourth-order valence-corrected chi connectivity index (χ4v) is 5.36. The molecular formula is C28H29N3O8S. The van der Waals surface area contributed by atoms with E-state index in [0.717, 1.165) is 17.8 Å². The molecule has 11 nitrogen and oxygen atoms in total. The summed E-state index contributed by atoms with van der Waals surface area (Å²) in [6.07, 6.45) is 2.33. The van der Waals surface area contributed by atoms with E-state index >= 15 is 0 Å². The van der Waals surface area contributed by atoms with Gasteiger partial charge >= 0.3 is 11.7 Å². The molecule has 4 rings (SSSR count). The van der Waals surface area contributed by atoms with Crippen molar-refractivity contribution >= 4 is 29.1 Å². The third-order valence-electron chi connectivity index (χ3n) is 6.13. The van der Waals surface area contributed by atoms with E-state index in [-0.39, 0.29) is 34.8 Å². The highest BCUT2D eigenvalue weighted by atomic mass is 32.1. The van der Waals surface area contributed by atoms with Gasteiger partial charge in [-0.05, 0) is 37.1 Å². The number of para-hydroxylation sites is 1. The molecule has 0 saturated carbocycles. The Balaban J connectivity index is 1.91. The van der Waals surface area contributed by atoms with Crippen molar-refractivity contribution in [3.63, 3.8) is 0 Å². The van der Waals surface area contributed by atoms with E-state index in [2.05, 4.69) is 4.99 Å². The third-order valence-corrected chi connectivity index (χ3v) is 7.12. The molecule has 0 saturated heterocycles. The molecule has 12 heteroatoms. The largest absolute Gasteiger partial charge is 0.493 e. The van der Waals surface area contributed by atoms with Gasteiger partial charge in [-0.15, -0.1) is 0 Å². The molecule has 3 aromatic rings. The van der Waals surface area contributed by atoms with Crippen molar-refractivity contribution < 1.29 is 28.7 Å². The van der Waals surface area contributed by atoms with Gasteiger partial charge in [-0.3, -0.25) is 19.5 Å². The van der Waals surface area contributed by atoms with Crippen LogP contribution in [0.3, 0.4) is 0 Å². The van der Waals surface area contributed by atoms with Crippen LogP contribution in [-0.4, -0.2) is 49.5 Å². The van der Waals surface area contributed by atoms with Gasteiger partial charge in [0, 0.05) is 18.7 Å². The number of nitrogens with zero attached hydrogens (tertiary/aromatic N) is 3. The predicted molar refractivity (Wildman–Crippen MR) is 148 cm³/mol. The van der Waals surface area contributed by atoms with Crippen LogP contribution in [0.5, 0.6) is 11.5 Å². The minimum atomic E-state index is -0.869. The summed E-state index contributed by atoms with van der Waals surface area (Å²) in [5, 5.41) is 11.5. The summed E-state index contributed by atoms with van der Waals surface area (Å²) in [6, 6.07) is 10.8. The number of methoxy groups -OCH3 is 2. The van der Waals surface area contributed by atoms with Crippen molar-refractivity contribution in [3.05, 3.63) is 94.7 Å². The number of fused-ring (bicyclic) bond motifs is 1. The fraction of sp³-hybridized carbons (Fsp3) is 0.321. The lowest BCUT2D eigenvalue weighted by Gasteiger charge is -2.26. The van der Waals surface area contributed by atoms with Crippen LogP contribution in [0.2, 0.25) is 0 Å². The second kappa shape index (κ2) is 12.7. The Morgan fingerprint density at radius 3 is 2.62 bits per heavy atom. The summed E-state index contributed by atoms with van der Waals surface area (Å²) < 4.78 is 23.3. The first-order valence-corrected chi connectivity index (χ1v) is 13.3. The van der Waals surface area contributed by atoms with Crippen LogP contribution in [0.15, 0.2) is 63.5 Å². The first-order valence-electron chi connectivity index (χ1n) is 12.5. The van der Waals surface area contributed by atoms with Crippen molar-refractivity contribution in [3.8, 4) is 11.5 Å². The smallest absolute Gasteiger partial charge is 0.338 e. The number of carbonyl (C=O) groups is 1. The van der Waals surface area contributed by atoms with Crippen LogP contribution >= 0.6 is 11.3 Å². The molecule has 1 atom stereocenters. The van der Waals surface area contributed by atoms with E-state index < -0.39 is 22.5 Å². The number of allylic oxidation sites excluding steroid dienone is 1. The first kappa shape index (κ1) is 28.7. The van der Waals surface area contributed by atoms with Crippen LogP contribution in [0.1, 0.15) is 37.4 Å². The Morgan fingerprint density at radius 1 is 1.15 bits per heavy atom. The predicted octanol–water partition coefficient (Wildman–Crippen LogP) is 3.13. The standard InChI is InChI=1S/C28H29N3O8S/c1-5-12-38-21-9-7-6-8-19(21)25-24(27(33)39-14-13-36-3)17(2)29-28-30(25)26(32)23(40-28)16-18-10-11-22(37-4)20(15-18)31(34)35/h6-11,15-16,25H,5,12-14H2,1-4H3/b23-16+/t25-/m0/s1. The third kappa shape index (κ3) is 5.82. The molecule has 0 radical (unpaired) electrons. The highest BCUT2D eigenvalue weighted by Crippen LogP contribution is 2.36. The lowest BCUT2D eigenvalue weighted by Crippen LogP contribution is -2.40. The summed E-state index contributed by atoms with van der Waals surface area (Å²) in [5.74, 6) is 0.0276. The van der Waals surface area contributed by atoms with Gasteiger partial charge in [0.2, 0.25) is 0 Å². The summed E-state index contributed by atoms with van der Waals surface area (Å²) in [5.41, 5.74) is 1.04. The van der Waals surface area contributed by atoms with Gasteiger partial charge < -0.3 is 18.9 Å². The molecule has 0 aliphatic carbocycles. The minimum Gasteiger partial charge on any atom is -0.493 e. The second-order valence-electron chi connectivity index (χ2n) is 8.79. The Labute approximate surface area is 233 Å². The van der Waals surface area contributed by atoms with Crippen LogP contribution in [-0.2, 0) is 14.3 Å². The van der Waals surface area contributed by atoms with Gasteiger partial charge in [0.05, 0.1) is 41.0 Å².